The van der Waals surface area contributed by atoms with Gasteiger partial charge in [-0.2, -0.15) is 5.10 Å². The van der Waals surface area contributed by atoms with Crippen molar-refractivity contribution in [1.82, 2.24) is 20.2 Å². The maximum atomic E-state index is 12.1. The predicted octanol–water partition coefficient (Wildman–Crippen LogP) is 4.97. The molecule has 0 saturated heterocycles. The highest BCUT2D eigenvalue weighted by molar-refractivity contribution is 7.19. The second-order valence-corrected chi connectivity index (χ2v) is 9.05. The molecular weight excluding hydrogens is 422 g/mol. The normalized spacial score (nSPS) is 18.5. The van der Waals surface area contributed by atoms with Crippen molar-refractivity contribution in [2.45, 2.75) is 32.6 Å². The number of ether oxygens (including phenoxy) is 1. The number of aryl methyl sites for hydroxylation is 1. The molecule has 0 fully saturated rings. The number of rotatable bonds is 5. The van der Waals surface area contributed by atoms with Crippen LogP contribution in [0.25, 0.3) is 21.1 Å². The number of nitrogens with one attached hydrogen (secondary N) is 2. The van der Waals surface area contributed by atoms with Crippen LogP contribution in [0.4, 0.5) is 11.5 Å². The van der Waals surface area contributed by atoms with E-state index in [9.17, 15) is 4.79 Å². The average Bonchev–Trinajstić information content (AvgIpc) is 3.36. The van der Waals surface area contributed by atoms with E-state index >= 15 is 0 Å². The van der Waals surface area contributed by atoms with Gasteiger partial charge in [0.25, 0.3) is 0 Å². The molecule has 1 atom stereocenters. The fraction of sp³-hybridized carbons (Fsp3) is 0.333. The lowest BCUT2D eigenvalue weighted by Gasteiger charge is -2.32. The minimum absolute atomic E-state index is 0.240. The van der Waals surface area contributed by atoms with Gasteiger partial charge in [0.2, 0.25) is 5.24 Å². The SMILES string of the molecule is CCC1(C(=O)Cl)CCc2c(sc3ncnc(Nc4cc5cn[nH]c5cc4OC)c23)C1. The molecule has 3 heterocycles. The summed E-state index contributed by atoms with van der Waals surface area (Å²) >= 11 is 7.62. The number of benzene rings is 1. The number of nitrogens with zero attached hydrogens (tertiary/aromatic N) is 3. The van der Waals surface area contributed by atoms with Gasteiger partial charge in [-0.3, -0.25) is 9.89 Å². The quantitative estimate of drug-likeness (QED) is 0.425. The first-order valence-electron chi connectivity index (χ1n) is 9.78. The number of methoxy groups -OCH3 is 1. The zero-order valence-corrected chi connectivity index (χ0v) is 18.2. The summed E-state index contributed by atoms with van der Waals surface area (Å²) in [5.41, 5.74) is 2.44. The van der Waals surface area contributed by atoms with Gasteiger partial charge in [-0.1, -0.05) is 6.92 Å². The molecule has 0 saturated carbocycles. The number of carbonyl (C=O) groups excluding carboxylic acids is 1. The van der Waals surface area contributed by atoms with Crippen LogP contribution in [0.2, 0.25) is 0 Å². The van der Waals surface area contributed by atoms with Crippen LogP contribution in [0.15, 0.2) is 24.7 Å². The number of aromatic nitrogens is 4. The van der Waals surface area contributed by atoms with Crippen molar-refractivity contribution in [3.05, 3.63) is 35.1 Å². The monoisotopic (exact) mass is 441 g/mol. The summed E-state index contributed by atoms with van der Waals surface area (Å²) in [5.74, 6) is 1.43. The summed E-state index contributed by atoms with van der Waals surface area (Å²) < 4.78 is 5.57. The third kappa shape index (κ3) is 2.94. The molecule has 7 nitrogen and oxygen atoms in total. The number of aromatic amines is 1. The van der Waals surface area contributed by atoms with Crippen LogP contribution in [0.3, 0.4) is 0 Å². The summed E-state index contributed by atoms with van der Waals surface area (Å²) in [6.45, 7) is 2.03. The Labute approximate surface area is 181 Å². The summed E-state index contributed by atoms with van der Waals surface area (Å²) in [6.07, 6.45) is 6.25. The van der Waals surface area contributed by atoms with E-state index in [1.807, 2.05) is 19.1 Å². The van der Waals surface area contributed by atoms with E-state index in [0.29, 0.717) is 12.2 Å². The first-order valence-corrected chi connectivity index (χ1v) is 11.0. The number of anilines is 2. The molecule has 30 heavy (non-hydrogen) atoms. The van der Waals surface area contributed by atoms with Gasteiger partial charge in [0.05, 0.1) is 29.9 Å². The Bertz CT molecular complexity index is 1280. The Morgan fingerprint density at radius 3 is 3.03 bits per heavy atom. The maximum absolute atomic E-state index is 12.1. The van der Waals surface area contributed by atoms with Gasteiger partial charge >= 0.3 is 0 Å². The zero-order valence-electron chi connectivity index (χ0n) is 16.6. The largest absolute Gasteiger partial charge is 0.494 e. The maximum Gasteiger partial charge on any atom is 0.228 e. The molecule has 0 aliphatic heterocycles. The van der Waals surface area contributed by atoms with Crippen LogP contribution < -0.4 is 10.1 Å². The van der Waals surface area contributed by atoms with E-state index in [-0.39, 0.29) is 5.24 Å². The standard InChI is InChI=1S/C21H20ClN5O2S/c1-3-21(20(22)28)5-4-12-16(8-21)30-19-17(12)18(23-10-24-19)26-14-6-11-9-25-27-13(11)7-15(14)29-2/h6-7,9-10H,3-5,8H2,1-2H3,(H,25,27)(H,23,24,26). The highest BCUT2D eigenvalue weighted by Crippen LogP contribution is 2.47. The summed E-state index contributed by atoms with van der Waals surface area (Å²) in [7, 11) is 1.64. The number of H-pyrrole nitrogens is 1. The Morgan fingerprint density at radius 1 is 1.40 bits per heavy atom. The second kappa shape index (κ2) is 7.21. The number of hydrogen-bond donors (Lipinski definition) is 2. The molecule has 1 aromatic carbocycles. The lowest BCUT2D eigenvalue weighted by atomic mass is 9.73. The molecule has 5 rings (SSSR count). The van der Waals surface area contributed by atoms with Crippen molar-refractivity contribution >= 4 is 60.8 Å². The fourth-order valence-corrected chi connectivity index (χ4v) is 5.90. The lowest BCUT2D eigenvalue weighted by Crippen LogP contribution is -2.33. The van der Waals surface area contributed by atoms with E-state index in [0.717, 1.165) is 51.9 Å². The second-order valence-electron chi connectivity index (χ2n) is 7.63. The van der Waals surface area contributed by atoms with E-state index in [4.69, 9.17) is 16.3 Å². The molecule has 1 unspecified atom stereocenters. The number of fused-ring (bicyclic) bond motifs is 4. The van der Waals surface area contributed by atoms with Gasteiger partial charge in [0.15, 0.2) is 0 Å². The molecule has 2 N–H and O–H groups in total. The van der Waals surface area contributed by atoms with Crippen LogP contribution in [0.5, 0.6) is 5.75 Å². The van der Waals surface area contributed by atoms with Gasteiger partial charge in [-0.15, -0.1) is 11.3 Å². The van der Waals surface area contributed by atoms with Gasteiger partial charge < -0.3 is 10.1 Å². The molecule has 0 spiro atoms. The molecule has 154 valence electrons. The van der Waals surface area contributed by atoms with Crippen molar-refractivity contribution in [2.24, 2.45) is 5.41 Å². The van der Waals surface area contributed by atoms with Crippen LogP contribution in [0, 0.1) is 5.41 Å². The van der Waals surface area contributed by atoms with Crippen LogP contribution in [-0.2, 0) is 17.6 Å². The highest BCUT2D eigenvalue weighted by Gasteiger charge is 2.40. The van der Waals surface area contributed by atoms with Crippen molar-refractivity contribution in [2.75, 3.05) is 12.4 Å². The van der Waals surface area contributed by atoms with Crippen LogP contribution >= 0.6 is 22.9 Å². The Kier molecular flexibility index (Phi) is 4.63. The first kappa shape index (κ1) is 19.3. The number of carbonyl (C=O) groups is 1. The molecule has 0 bridgehead atoms. The van der Waals surface area contributed by atoms with Crippen LogP contribution in [-0.4, -0.2) is 32.5 Å². The third-order valence-corrected chi connectivity index (χ3v) is 7.67. The zero-order chi connectivity index (χ0) is 20.9. The molecule has 0 amide bonds. The van der Waals surface area contributed by atoms with Gasteiger partial charge in [-0.25, -0.2) is 9.97 Å². The number of thiophene rings is 1. The Hall–Kier alpha value is -2.71. The minimum Gasteiger partial charge on any atom is -0.494 e. The lowest BCUT2D eigenvalue weighted by molar-refractivity contribution is -0.121. The average molecular weight is 442 g/mol. The van der Waals surface area contributed by atoms with E-state index < -0.39 is 5.41 Å². The molecular formula is C21H20ClN5O2S. The predicted molar refractivity (Wildman–Crippen MR) is 119 cm³/mol. The van der Waals surface area contributed by atoms with Crippen molar-refractivity contribution < 1.29 is 9.53 Å². The summed E-state index contributed by atoms with van der Waals surface area (Å²) in [6, 6.07) is 3.90. The van der Waals surface area contributed by atoms with Crippen molar-refractivity contribution in [3.8, 4) is 5.75 Å². The summed E-state index contributed by atoms with van der Waals surface area (Å²) in [4.78, 5) is 23.3. The van der Waals surface area contributed by atoms with E-state index in [2.05, 4.69) is 25.5 Å². The van der Waals surface area contributed by atoms with Gasteiger partial charge in [0, 0.05) is 21.7 Å². The highest BCUT2D eigenvalue weighted by atomic mass is 35.5. The van der Waals surface area contributed by atoms with Gasteiger partial charge in [0.1, 0.15) is 22.7 Å². The Balaban J connectivity index is 1.60. The number of halogens is 1. The topological polar surface area (TPSA) is 92.8 Å². The van der Waals surface area contributed by atoms with Crippen LogP contribution in [0.1, 0.15) is 30.2 Å². The molecule has 9 heteroatoms. The molecule has 4 aromatic rings. The Morgan fingerprint density at radius 2 is 2.27 bits per heavy atom. The number of hydrogen-bond acceptors (Lipinski definition) is 7. The van der Waals surface area contributed by atoms with E-state index in [1.54, 1.807) is 31.0 Å². The fourth-order valence-electron chi connectivity index (χ4n) is 4.27. The molecule has 1 aliphatic carbocycles. The summed E-state index contributed by atoms with van der Waals surface area (Å²) in [5, 5.41) is 12.2. The molecule has 0 radical (unpaired) electrons. The molecule has 3 aromatic heterocycles. The minimum atomic E-state index is -0.480. The van der Waals surface area contributed by atoms with E-state index in [1.165, 1.54) is 10.4 Å². The van der Waals surface area contributed by atoms with Crippen molar-refractivity contribution in [1.29, 1.82) is 0 Å². The van der Waals surface area contributed by atoms with Crippen molar-refractivity contribution in [3.63, 3.8) is 0 Å². The van der Waals surface area contributed by atoms with Gasteiger partial charge in [-0.05, 0) is 48.9 Å². The smallest absolute Gasteiger partial charge is 0.228 e. The molecule has 1 aliphatic rings. The first-order chi connectivity index (χ1) is 14.5. The third-order valence-electron chi connectivity index (χ3n) is 6.13.